The number of hydrogen-bond acceptors (Lipinski definition) is 6. The van der Waals surface area contributed by atoms with E-state index in [0.717, 1.165) is 28.8 Å². The fourth-order valence-corrected chi connectivity index (χ4v) is 5.63. The number of nitrogens with zero attached hydrogens (tertiary/aromatic N) is 1. The lowest BCUT2D eigenvalue weighted by Crippen LogP contribution is -2.29. The van der Waals surface area contributed by atoms with Gasteiger partial charge in [-0.3, -0.25) is 4.79 Å². The minimum absolute atomic E-state index is 0.0197. The zero-order valence-corrected chi connectivity index (χ0v) is 24.5. The van der Waals surface area contributed by atoms with E-state index >= 15 is 0 Å². The van der Waals surface area contributed by atoms with Gasteiger partial charge < -0.3 is 19.5 Å². The number of esters is 1. The Labute approximate surface area is 249 Å². The van der Waals surface area contributed by atoms with Crippen LogP contribution in [0.4, 0.5) is 5.69 Å². The summed E-state index contributed by atoms with van der Waals surface area (Å²) >= 11 is 6.14. The number of anilines is 1. The summed E-state index contributed by atoms with van der Waals surface area (Å²) in [5.41, 5.74) is 5.37. The lowest BCUT2D eigenvalue weighted by Gasteiger charge is -2.36. The molecule has 0 unspecified atom stereocenters. The SMILES string of the molecule is CC(C)(C)[C@@H]1C/C(=C\c2ccc(Cl)cc2)c2nc3ccccc3c(C(=O)OCC(=O)Nc3ccc4c(c3)OCO4)c2C1. The zero-order chi connectivity index (χ0) is 29.4. The molecule has 4 aromatic rings. The highest BCUT2D eigenvalue weighted by Gasteiger charge is 2.35. The lowest BCUT2D eigenvalue weighted by atomic mass is 9.69. The molecular formula is C34H31ClN2O5. The molecule has 214 valence electrons. The van der Waals surface area contributed by atoms with Crippen molar-refractivity contribution in [1.82, 2.24) is 4.98 Å². The molecule has 1 amide bonds. The Morgan fingerprint density at radius 2 is 1.79 bits per heavy atom. The number of pyridine rings is 1. The number of ether oxygens (including phenoxy) is 3. The van der Waals surface area contributed by atoms with Gasteiger partial charge in [0.2, 0.25) is 6.79 Å². The maximum Gasteiger partial charge on any atom is 0.339 e. The Morgan fingerprint density at radius 3 is 2.57 bits per heavy atom. The molecule has 8 heteroatoms. The molecular weight excluding hydrogens is 552 g/mol. The van der Waals surface area contributed by atoms with E-state index in [-0.39, 0.29) is 18.1 Å². The number of para-hydroxylation sites is 1. The standard InChI is InChI=1S/C34H31ClN2O5/c1-34(2,3)22-15-21(14-20-8-10-23(35)11-9-20)32-26(16-22)31(25-6-4-5-7-27(25)37-32)33(39)40-18-30(38)36-24-12-13-28-29(17-24)42-19-41-28/h4-14,17,22H,15-16,18-19H2,1-3H3,(H,36,38)/b21-14+/t22-/m1/s1. The quantitative estimate of drug-likeness (QED) is 0.244. The van der Waals surface area contributed by atoms with Gasteiger partial charge in [-0.2, -0.15) is 0 Å². The van der Waals surface area contributed by atoms with Crippen molar-refractivity contribution < 1.29 is 23.8 Å². The van der Waals surface area contributed by atoms with Crippen LogP contribution in [-0.4, -0.2) is 30.3 Å². The number of allylic oxidation sites excluding steroid dienone is 1. The molecule has 0 fully saturated rings. The second-order valence-electron chi connectivity index (χ2n) is 11.7. The van der Waals surface area contributed by atoms with E-state index in [0.29, 0.717) is 45.1 Å². The van der Waals surface area contributed by atoms with Gasteiger partial charge in [-0.1, -0.05) is 62.7 Å². The van der Waals surface area contributed by atoms with Crippen molar-refractivity contribution in [2.45, 2.75) is 33.6 Å². The molecule has 3 aromatic carbocycles. The van der Waals surface area contributed by atoms with Gasteiger partial charge in [-0.25, -0.2) is 9.78 Å². The Morgan fingerprint density at radius 1 is 1.02 bits per heavy atom. The first-order valence-electron chi connectivity index (χ1n) is 13.9. The maximum atomic E-state index is 13.8. The number of carbonyl (C=O) groups excluding carboxylic acids is 2. The highest BCUT2D eigenvalue weighted by Crippen LogP contribution is 2.45. The van der Waals surface area contributed by atoms with Crippen molar-refractivity contribution in [3.63, 3.8) is 0 Å². The minimum atomic E-state index is -0.550. The van der Waals surface area contributed by atoms with Crippen LogP contribution in [0, 0.1) is 11.3 Å². The van der Waals surface area contributed by atoms with Crippen LogP contribution in [0.1, 0.15) is 54.4 Å². The molecule has 6 rings (SSSR count). The molecule has 0 saturated heterocycles. The molecule has 1 aromatic heterocycles. The molecule has 0 radical (unpaired) electrons. The van der Waals surface area contributed by atoms with Crippen molar-refractivity contribution in [3.05, 3.63) is 94.1 Å². The van der Waals surface area contributed by atoms with Crippen LogP contribution in [0.15, 0.2) is 66.7 Å². The number of rotatable bonds is 5. The third-order valence-corrected chi connectivity index (χ3v) is 8.10. The van der Waals surface area contributed by atoms with E-state index in [2.05, 4.69) is 32.2 Å². The summed E-state index contributed by atoms with van der Waals surface area (Å²) in [5, 5.41) is 4.14. The van der Waals surface area contributed by atoms with E-state index in [4.69, 9.17) is 30.8 Å². The van der Waals surface area contributed by atoms with Crippen molar-refractivity contribution in [2.75, 3.05) is 18.7 Å². The highest BCUT2D eigenvalue weighted by molar-refractivity contribution is 6.30. The van der Waals surface area contributed by atoms with Crippen LogP contribution in [0.2, 0.25) is 5.02 Å². The number of halogens is 1. The fraction of sp³-hybridized carbons (Fsp3) is 0.265. The zero-order valence-electron chi connectivity index (χ0n) is 23.7. The van der Waals surface area contributed by atoms with Gasteiger partial charge >= 0.3 is 5.97 Å². The van der Waals surface area contributed by atoms with Crippen LogP contribution >= 0.6 is 11.6 Å². The van der Waals surface area contributed by atoms with Crippen LogP contribution in [0.25, 0.3) is 22.6 Å². The molecule has 2 aliphatic rings. The first-order valence-corrected chi connectivity index (χ1v) is 14.3. The van der Waals surface area contributed by atoms with Gasteiger partial charge in [0.25, 0.3) is 5.91 Å². The van der Waals surface area contributed by atoms with Gasteiger partial charge in [0, 0.05) is 22.2 Å². The summed E-state index contributed by atoms with van der Waals surface area (Å²) in [4.78, 5) is 31.6. The van der Waals surface area contributed by atoms with Gasteiger partial charge in [0.05, 0.1) is 16.8 Å². The Bertz CT molecular complexity index is 1720. The predicted molar refractivity (Wildman–Crippen MR) is 164 cm³/mol. The average Bonchev–Trinajstić information content (AvgIpc) is 3.43. The molecule has 0 spiro atoms. The number of benzene rings is 3. The minimum Gasteiger partial charge on any atom is -0.454 e. The molecule has 0 saturated carbocycles. The number of amides is 1. The summed E-state index contributed by atoms with van der Waals surface area (Å²) in [6.45, 7) is 6.36. The van der Waals surface area contributed by atoms with Gasteiger partial charge in [0.1, 0.15) is 0 Å². The summed E-state index contributed by atoms with van der Waals surface area (Å²) < 4.78 is 16.3. The third-order valence-electron chi connectivity index (χ3n) is 7.84. The van der Waals surface area contributed by atoms with Gasteiger partial charge in [-0.05, 0) is 77.3 Å². The fourth-order valence-electron chi connectivity index (χ4n) is 5.50. The monoisotopic (exact) mass is 582 g/mol. The van der Waals surface area contributed by atoms with Gasteiger partial charge in [0.15, 0.2) is 18.1 Å². The lowest BCUT2D eigenvalue weighted by molar-refractivity contribution is -0.119. The highest BCUT2D eigenvalue weighted by atomic mass is 35.5. The summed E-state index contributed by atoms with van der Waals surface area (Å²) in [6, 6.07) is 20.4. The van der Waals surface area contributed by atoms with Crippen molar-refractivity contribution >= 4 is 51.7 Å². The Hall–Kier alpha value is -4.36. The van der Waals surface area contributed by atoms with Crippen LogP contribution in [0.3, 0.4) is 0 Å². The topological polar surface area (TPSA) is 86.8 Å². The molecule has 1 aliphatic heterocycles. The second kappa shape index (κ2) is 11.1. The molecule has 7 nitrogen and oxygen atoms in total. The number of nitrogens with one attached hydrogen (secondary N) is 1. The summed E-state index contributed by atoms with van der Waals surface area (Å²) in [6.07, 6.45) is 3.61. The molecule has 42 heavy (non-hydrogen) atoms. The molecule has 1 atom stereocenters. The van der Waals surface area contributed by atoms with Crippen LogP contribution in [-0.2, 0) is 16.0 Å². The number of carbonyl (C=O) groups is 2. The summed E-state index contributed by atoms with van der Waals surface area (Å²) in [7, 11) is 0. The number of hydrogen-bond donors (Lipinski definition) is 1. The summed E-state index contributed by atoms with van der Waals surface area (Å²) in [5.74, 6) is 0.422. The molecule has 1 aliphatic carbocycles. The van der Waals surface area contributed by atoms with Crippen LogP contribution < -0.4 is 14.8 Å². The Kier molecular flexibility index (Phi) is 7.37. The normalized spacial score (nSPS) is 16.8. The molecule has 1 N–H and O–H groups in total. The van der Waals surface area contributed by atoms with Crippen molar-refractivity contribution in [3.8, 4) is 11.5 Å². The van der Waals surface area contributed by atoms with E-state index in [1.54, 1.807) is 18.2 Å². The molecule has 2 heterocycles. The van der Waals surface area contributed by atoms with Crippen LogP contribution in [0.5, 0.6) is 11.5 Å². The Balaban J connectivity index is 1.34. The third kappa shape index (κ3) is 5.70. The first-order chi connectivity index (χ1) is 20.2. The second-order valence-corrected chi connectivity index (χ2v) is 12.2. The first kappa shape index (κ1) is 27.8. The number of aromatic nitrogens is 1. The van der Waals surface area contributed by atoms with E-state index in [1.165, 1.54) is 0 Å². The smallest absolute Gasteiger partial charge is 0.339 e. The average molecular weight is 583 g/mol. The molecule has 0 bridgehead atoms. The number of fused-ring (bicyclic) bond motifs is 3. The van der Waals surface area contributed by atoms with E-state index in [1.807, 2.05) is 48.5 Å². The van der Waals surface area contributed by atoms with Gasteiger partial charge in [-0.15, -0.1) is 0 Å². The largest absolute Gasteiger partial charge is 0.454 e. The van der Waals surface area contributed by atoms with E-state index < -0.39 is 18.5 Å². The predicted octanol–water partition coefficient (Wildman–Crippen LogP) is 7.56. The van der Waals surface area contributed by atoms with E-state index in [9.17, 15) is 9.59 Å². The van der Waals surface area contributed by atoms with Crippen molar-refractivity contribution in [2.24, 2.45) is 11.3 Å². The van der Waals surface area contributed by atoms with Crippen molar-refractivity contribution in [1.29, 1.82) is 0 Å². The maximum absolute atomic E-state index is 13.8.